The number of hydrogen-bond donors (Lipinski definition) is 0. The van der Waals surface area contributed by atoms with E-state index in [0.717, 1.165) is 25.9 Å². The summed E-state index contributed by atoms with van der Waals surface area (Å²) in [5.41, 5.74) is 0.985. The van der Waals surface area contributed by atoms with Gasteiger partial charge in [0.25, 0.3) is 11.6 Å². The number of likely N-dealkylation sites (tertiary alicyclic amines) is 1. The summed E-state index contributed by atoms with van der Waals surface area (Å²) in [6.45, 7) is 6.02. The Balaban J connectivity index is 1.51. The fourth-order valence-electron chi connectivity index (χ4n) is 4.50. The van der Waals surface area contributed by atoms with E-state index in [1.165, 1.54) is 6.07 Å². The van der Waals surface area contributed by atoms with Crippen molar-refractivity contribution in [3.8, 4) is 0 Å². The van der Waals surface area contributed by atoms with Crippen molar-refractivity contribution in [2.45, 2.75) is 38.4 Å². The Labute approximate surface area is 164 Å². The number of ether oxygens (including phenoxy) is 2. The fraction of sp³-hybridized carbons (Fsp3) is 0.650. The smallest absolute Gasteiger partial charge is 0.293 e. The maximum atomic E-state index is 12.9. The van der Waals surface area contributed by atoms with E-state index in [4.69, 9.17) is 9.47 Å². The lowest BCUT2D eigenvalue weighted by Gasteiger charge is -2.37. The van der Waals surface area contributed by atoms with E-state index >= 15 is 0 Å². The second-order valence-corrected chi connectivity index (χ2v) is 8.05. The van der Waals surface area contributed by atoms with Gasteiger partial charge in [0.2, 0.25) is 0 Å². The molecule has 1 aromatic rings. The summed E-state index contributed by atoms with van der Waals surface area (Å²) in [4.78, 5) is 28.0. The minimum absolute atomic E-state index is 0.0101. The number of carbonyl (C=O) groups is 1. The number of benzene rings is 1. The Morgan fingerprint density at radius 1 is 1.21 bits per heavy atom. The number of rotatable bonds is 3. The minimum Gasteiger partial charge on any atom is -0.366 e. The molecule has 4 rings (SSSR count). The number of nitro benzene ring substituents is 1. The number of carbonyl (C=O) groups excluding carboxylic acids is 1. The Kier molecular flexibility index (Phi) is 5.25. The molecule has 1 atom stereocenters. The van der Waals surface area contributed by atoms with Gasteiger partial charge in [-0.15, -0.1) is 0 Å². The third kappa shape index (κ3) is 3.71. The Hall–Kier alpha value is -2.19. The summed E-state index contributed by atoms with van der Waals surface area (Å²) < 4.78 is 11.4. The van der Waals surface area contributed by atoms with Gasteiger partial charge in [-0.2, -0.15) is 0 Å². The lowest BCUT2D eigenvalue weighted by Crippen LogP contribution is -2.47. The van der Waals surface area contributed by atoms with Gasteiger partial charge in [-0.25, -0.2) is 0 Å². The van der Waals surface area contributed by atoms with Crippen molar-refractivity contribution in [3.63, 3.8) is 0 Å². The zero-order valence-electron chi connectivity index (χ0n) is 16.3. The van der Waals surface area contributed by atoms with Crippen molar-refractivity contribution >= 4 is 17.3 Å². The summed E-state index contributed by atoms with van der Waals surface area (Å²) >= 11 is 0. The molecular formula is C20H27N3O5. The van der Waals surface area contributed by atoms with Crippen LogP contribution in [0.4, 0.5) is 11.4 Å². The first-order chi connectivity index (χ1) is 13.5. The van der Waals surface area contributed by atoms with Crippen LogP contribution in [-0.2, 0) is 9.47 Å². The summed E-state index contributed by atoms with van der Waals surface area (Å²) in [6, 6.07) is 4.89. The highest BCUT2D eigenvalue weighted by Gasteiger charge is 2.41. The molecule has 0 aromatic heterocycles. The predicted octanol–water partition coefficient (Wildman–Crippen LogP) is 2.81. The predicted molar refractivity (Wildman–Crippen MR) is 103 cm³/mol. The standard InChI is InChI=1S/C20H27N3O5/c1-15-3-2-8-22(14-15)17-5-4-16(13-18(17)23(25)26)19(24)21-9-6-20(7-10-21)27-11-12-28-20/h4-5,13,15H,2-3,6-12,14H2,1H3. The maximum Gasteiger partial charge on any atom is 0.293 e. The first-order valence-electron chi connectivity index (χ1n) is 10.1. The molecule has 0 saturated carbocycles. The zero-order chi connectivity index (χ0) is 19.7. The second kappa shape index (κ2) is 7.67. The number of nitro groups is 1. The summed E-state index contributed by atoms with van der Waals surface area (Å²) in [5, 5.41) is 11.7. The lowest BCUT2D eigenvalue weighted by molar-refractivity contribution is -0.384. The summed E-state index contributed by atoms with van der Waals surface area (Å²) in [6.07, 6.45) is 3.43. The Morgan fingerprint density at radius 2 is 1.93 bits per heavy atom. The maximum absolute atomic E-state index is 12.9. The first-order valence-corrected chi connectivity index (χ1v) is 10.1. The molecule has 1 amide bonds. The molecule has 1 spiro atoms. The van der Waals surface area contributed by atoms with Crippen LogP contribution in [-0.4, -0.2) is 60.9 Å². The van der Waals surface area contributed by atoms with Crippen LogP contribution in [0.5, 0.6) is 0 Å². The molecule has 3 fully saturated rings. The first kappa shape index (κ1) is 19.1. The molecule has 0 aliphatic carbocycles. The molecule has 8 nitrogen and oxygen atoms in total. The Morgan fingerprint density at radius 3 is 2.57 bits per heavy atom. The van der Waals surface area contributed by atoms with Gasteiger partial charge in [0.15, 0.2) is 5.79 Å². The van der Waals surface area contributed by atoms with Crippen LogP contribution in [0.25, 0.3) is 0 Å². The van der Waals surface area contributed by atoms with Crippen molar-refractivity contribution in [2.24, 2.45) is 5.92 Å². The topological polar surface area (TPSA) is 85.2 Å². The number of hydrogen-bond acceptors (Lipinski definition) is 6. The van der Waals surface area contributed by atoms with Crippen molar-refractivity contribution in [2.75, 3.05) is 44.3 Å². The third-order valence-corrected chi connectivity index (χ3v) is 6.04. The van der Waals surface area contributed by atoms with Gasteiger partial charge >= 0.3 is 0 Å². The molecule has 152 valence electrons. The monoisotopic (exact) mass is 389 g/mol. The highest BCUT2D eigenvalue weighted by molar-refractivity contribution is 5.96. The van der Waals surface area contributed by atoms with Crippen LogP contribution in [0.15, 0.2) is 18.2 Å². The molecular weight excluding hydrogens is 362 g/mol. The molecule has 28 heavy (non-hydrogen) atoms. The van der Waals surface area contributed by atoms with Gasteiger partial charge in [0.05, 0.1) is 18.1 Å². The number of piperidine rings is 2. The van der Waals surface area contributed by atoms with E-state index < -0.39 is 5.79 Å². The minimum atomic E-state index is -0.544. The lowest BCUT2D eigenvalue weighted by atomic mass is 9.99. The van der Waals surface area contributed by atoms with Crippen LogP contribution >= 0.6 is 0 Å². The fourth-order valence-corrected chi connectivity index (χ4v) is 4.50. The van der Waals surface area contributed by atoms with Crippen LogP contribution in [0.1, 0.15) is 43.0 Å². The van der Waals surface area contributed by atoms with Gasteiger partial charge in [0.1, 0.15) is 5.69 Å². The van der Waals surface area contributed by atoms with Crippen LogP contribution < -0.4 is 4.90 Å². The van der Waals surface area contributed by atoms with E-state index in [0.29, 0.717) is 56.3 Å². The normalized spacial score (nSPS) is 24.5. The highest BCUT2D eigenvalue weighted by atomic mass is 16.7. The quantitative estimate of drug-likeness (QED) is 0.584. The average Bonchev–Trinajstić information content (AvgIpc) is 3.15. The molecule has 1 unspecified atom stereocenters. The molecule has 0 bridgehead atoms. The van der Waals surface area contributed by atoms with E-state index in [2.05, 4.69) is 11.8 Å². The van der Waals surface area contributed by atoms with Gasteiger partial charge < -0.3 is 19.3 Å². The SMILES string of the molecule is CC1CCCN(c2ccc(C(=O)N3CCC4(CC3)OCCO4)cc2[N+](=O)[O-])C1. The molecule has 3 saturated heterocycles. The van der Waals surface area contributed by atoms with Crippen molar-refractivity contribution in [1.29, 1.82) is 0 Å². The van der Waals surface area contributed by atoms with Crippen molar-refractivity contribution in [1.82, 2.24) is 4.90 Å². The van der Waals surface area contributed by atoms with Crippen LogP contribution in [0.2, 0.25) is 0 Å². The average molecular weight is 389 g/mol. The van der Waals surface area contributed by atoms with Gasteiger partial charge in [-0.1, -0.05) is 6.92 Å². The number of amides is 1. The van der Waals surface area contributed by atoms with Gasteiger partial charge in [-0.05, 0) is 30.9 Å². The van der Waals surface area contributed by atoms with E-state index in [-0.39, 0.29) is 16.5 Å². The summed E-state index contributed by atoms with van der Waals surface area (Å²) in [7, 11) is 0. The zero-order valence-corrected chi connectivity index (χ0v) is 16.3. The van der Waals surface area contributed by atoms with Crippen LogP contribution in [0.3, 0.4) is 0 Å². The van der Waals surface area contributed by atoms with E-state index in [1.807, 2.05) is 0 Å². The second-order valence-electron chi connectivity index (χ2n) is 8.05. The molecule has 3 aliphatic rings. The van der Waals surface area contributed by atoms with Gasteiger partial charge in [-0.3, -0.25) is 14.9 Å². The Bertz CT molecular complexity index is 752. The highest BCUT2D eigenvalue weighted by Crippen LogP contribution is 2.34. The molecule has 3 aliphatic heterocycles. The molecule has 1 aromatic carbocycles. The summed E-state index contributed by atoms with van der Waals surface area (Å²) in [5.74, 6) is -0.206. The number of anilines is 1. The van der Waals surface area contributed by atoms with Crippen LogP contribution in [0, 0.1) is 16.0 Å². The van der Waals surface area contributed by atoms with Gasteiger partial charge in [0, 0.05) is 50.7 Å². The molecule has 0 radical (unpaired) electrons. The molecule has 0 N–H and O–H groups in total. The molecule has 8 heteroatoms. The molecule has 3 heterocycles. The largest absolute Gasteiger partial charge is 0.366 e. The third-order valence-electron chi connectivity index (χ3n) is 6.04. The van der Waals surface area contributed by atoms with Crippen molar-refractivity contribution in [3.05, 3.63) is 33.9 Å². The number of nitrogens with zero attached hydrogens (tertiary/aromatic N) is 3. The van der Waals surface area contributed by atoms with E-state index in [1.54, 1.807) is 17.0 Å². The van der Waals surface area contributed by atoms with E-state index in [9.17, 15) is 14.9 Å². The van der Waals surface area contributed by atoms with Crippen molar-refractivity contribution < 1.29 is 19.2 Å².